The van der Waals surface area contributed by atoms with E-state index in [2.05, 4.69) is 17.2 Å². The topological polar surface area (TPSA) is 42.0 Å². The fraction of sp³-hybridized carbons (Fsp3) is 0.571. The Kier molecular flexibility index (Phi) is 3.91. The lowest BCUT2D eigenvalue weighted by atomic mass is 9.83. The second kappa shape index (κ2) is 5.27. The highest BCUT2D eigenvalue weighted by Gasteiger charge is 2.28. The number of rotatable bonds is 2. The molecule has 0 saturated heterocycles. The molecule has 3 nitrogen and oxygen atoms in total. The summed E-state index contributed by atoms with van der Waals surface area (Å²) in [7, 11) is 0. The van der Waals surface area contributed by atoms with Gasteiger partial charge in [0.1, 0.15) is 5.15 Å². The number of amides is 1. The standard InChI is InChI=1S/C14H19ClN2O/c1-10-8-11(9-12(15)16-10)13(18)17-14(2)6-4-3-5-7-14/h8-9H,3-7H2,1-2H3,(H,17,18). The van der Waals surface area contributed by atoms with E-state index in [1.165, 1.54) is 19.3 Å². The second-order valence-electron chi connectivity index (χ2n) is 5.40. The summed E-state index contributed by atoms with van der Waals surface area (Å²) in [5, 5.41) is 3.51. The van der Waals surface area contributed by atoms with Gasteiger partial charge in [-0.05, 0) is 38.8 Å². The summed E-state index contributed by atoms with van der Waals surface area (Å²) in [6.07, 6.45) is 5.75. The van der Waals surface area contributed by atoms with Gasteiger partial charge >= 0.3 is 0 Å². The van der Waals surface area contributed by atoms with Crippen LogP contribution in [0.3, 0.4) is 0 Å². The summed E-state index contributed by atoms with van der Waals surface area (Å²) in [6, 6.07) is 3.39. The molecule has 0 unspecified atom stereocenters. The molecule has 1 aromatic heterocycles. The van der Waals surface area contributed by atoms with Crippen molar-refractivity contribution < 1.29 is 4.79 Å². The van der Waals surface area contributed by atoms with E-state index in [0.717, 1.165) is 18.5 Å². The first-order valence-corrected chi connectivity index (χ1v) is 6.83. The molecule has 1 amide bonds. The van der Waals surface area contributed by atoms with E-state index in [-0.39, 0.29) is 11.4 Å². The molecule has 2 rings (SSSR count). The predicted molar refractivity (Wildman–Crippen MR) is 72.9 cm³/mol. The Morgan fingerprint density at radius 2 is 2.00 bits per heavy atom. The summed E-state index contributed by atoms with van der Waals surface area (Å²) in [5.74, 6) is -0.0493. The van der Waals surface area contributed by atoms with Crippen molar-refractivity contribution in [1.82, 2.24) is 10.3 Å². The van der Waals surface area contributed by atoms with Gasteiger partial charge in [0.15, 0.2) is 0 Å². The summed E-state index contributed by atoms with van der Waals surface area (Å²) in [4.78, 5) is 16.3. The molecule has 1 aliphatic carbocycles. The highest BCUT2D eigenvalue weighted by Crippen LogP contribution is 2.28. The monoisotopic (exact) mass is 266 g/mol. The Morgan fingerprint density at radius 3 is 2.61 bits per heavy atom. The number of aryl methyl sites for hydroxylation is 1. The Bertz CT molecular complexity index is 433. The summed E-state index contributed by atoms with van der Waals surface area (Å²) >= 11 is 5.88. The first-order chi connectivity index (χ1) is 8.48. The summed E-state index contributed by atoms with van der Waals surface area (Å²) < 4.78 is 0. The van der Waals surface area contributed by atoms with Crippen LogP contribution < -0.4 is 5.32 Å². The fourth-order valence-corrected chi connectivity index (χ4v) is 2.81. The van der Waals surface area contributed by atoms with Crippen molar-refractivity contribution in [1.29, 1.82) is 0 Å². The third kappa shape index (κ3) is 3.22. The van der Waals surface area contributed by atoms with Gasteiger partial charge in [-0.1, -0.05) is 30.9 Å². The molecule has 1 aromatic rings. The molecule has 0 radical (unpaired) electrons. The van der Waals surface area contributed by atoms with Crippen molar-refractivity contribution >= 4 is 17.5 Å². The number of hydrogen-bond acceptors (Lipinski definition) is 2. The van der Waals surface area contributed by atoms with Crippen molar-refractivity contribution in [3.63, 3.8) is 0 Å². The molecule has 0 atom stereocenters. The van der Waals surface area contributed by atoms with E-state index < -0.39 is 0 Å². The largest absolute Gasteiger partial charge is 0.347 e. The number of carbonyl (C=O) groups excluding carboxylic acids is 1. The molecule has 0 aliphatic heterocycles. The van der Waals surface area contributed by atoms with Gasteiger partial charge in [0.05, 0.1) is 0 Å². The number of carbonyl (C=O) groups is 1. The van der Waals surface area contributed by atoms with Crippen LogP contribution in [0.15, 0.2) is 12.1 Å². The molecule has 0 aromatic carbocycles. The minimum atomic E-state index is -0.0705. The molecule has 0 spiro atoms. The second-order valence-corrected chi connectivity index (χ2v) is 5.78. The van der Waals surface area contributed by atoms with Crippen molar-refractivity contribution in [2.75, 3.05) is 0 Å². The van der Waals surface area contributed by atoms with Crippen LogP contribution in [0.25, 0.3) is 0 Å². The Balaban J connectivity index is 2.11. The lowest BCUT2D eigenvalue weighted by Gasteiger charge is -2.34. The van der Waals surface area contributed by atoms with Crippen molar-refractivity contribution in [3.05, 3.63) is 28.5 Å². The van der Waals surface area contributed by atoms with Crippen LogP contribution in [0.4, 0.5) is 0 Å². The van der Waals surface area contributed by atoms with E-state index in [0.29, 0.717) is 10.7 Å². The van der Waals surface area contributed by atoms with E-state index >= 15 is 0 Å². The number of halogens is 1. The van der Waals surface area contributed by atoms with Gasteiger partial charge in [-0.2, -0.15) is 0 Å². The first-order valence-electron chi connectivity index (χ1n) is 6.45. The van der Waals surface area contributed by atoms with E-state index in [1.807, 2.05) is 6.92 Å². The van der Waals surface area contributed by atoms with E-state index in [9.17, 15) is 4.79 Å². The molecule has 1 aliphatic rings. The lowest BCUT2D eigenvalue weighted by Crippen LogP contribution is -2.47. The zero-order valence-electron chi connectivity index (χ0n) is 10.9. The van der Waals surface area contributed by atoms with E-state index in [1.54, 1.807) is 12.1 Å². The number of nitrogens with zero attached hydrogens (tertiary/aromatic N) is 1. The number of aromatic nitrogens is 1. The molecule has 1 saturated carbocycles. The van der Waals surface area contributed by atoms with Crippen LogP contribution in [-0.2, 0) is 0 Å². The van der Waals surface area contributed by atoms with Gasteiger partial charge < -0.3 is 5.32 Å². The van der Waals surface area contributed by atoms with Gasteiger partial charge in [-0.25, -0.2) is 4.98 Å². The molecule has 18 heavy (non-hydrogen) atoms. The Labute approximate surface area is 113 Å². The molecular formula is C14H19ClN2O. The van der Waals surface area contributed by atoms with Crippen LogP contribution in [0.5, 0.6) is 0 Å². The Hall–Kier alpha value is -1.09. The average Bonchev–Trinajstić information content (AvgIpc) is 2.28. The third-order valence-corrected chi connectivity index (χ3v) is 3.75. The van der Waals surface area contributed by atoms with Gasteiger partial charge in [0, 0.05) is 16.8 Å². The van der Waals surface area contributed by atoms with Crippen LogP contribution in [-0.4, -0.2) is 16.4 Å². The first kappa shape index (κ1) is 13.3. The zero-order valence-corrected chi connectivity index (χ0v) is 11.7. The minimum absolute atomic E-state index is 0.0493. The SMILES string of the molecule is Cc1cc(C(=O)NC2(C)CCCCC2)cc(Cl)n1. The maximum absolute atomic E-state index is 12.2. The molecular weight excluding hydrogens is 248 g/mol. The van der Waals surface area contributed by atoms with Crippen LogP contribution in [0.1, 0.15) is 55.1 Å². The zero-order chi connectivity index (χ0) is 13.2. The van der Waals surface area contributed by atoms with Crippen molar-refractivity contribution in [3.8, 4) is 0 Å². The molecule has 1 heterocycles. The molecule has 1 N–H and O–H groups in total. The highest BCUT2D eigenvalue weighted by molar-refractivity contribution is 6.29. The van der Waals surface area contributed by atoms with Gasteiger partial charge in [-0.15, -0.1) is 0 Å². The molecule has 1 fully saturated rings. The maximum Gasteiger partial charge on any atom is 0.251 e. The van der Waals surface area contributed by atoms with Crippen LogP contribution in [0.2, 0.25) is 5.15 Å². The predicted octanol–water partition coefficient (Wildman–Crippen LogP) is 3.50. The number of hydrogen-bond donors (Lipinski definition) is 1. The van der Waals surface area contributed by atoms with Gasteiger partial charge in [-0.3, -0.25) is 4.79 Å². The van der Waals surface area contributed by atoms with Crippen molar-refractivity contribution in [2.45, 2.75) is 51.5 Å². The smallest absolute Gasteiger partial charge is 0.251 e. The normalized spacial score (nSPS) is 18.4. The minimum Gasteiger partial charge on any atom is -0.347 e. The van der Waals surface area contributed by atoms with Gasteiger partial charge in [0.25, 0.3) is 5.91 Å². The fourth-order valence-electron chi connectivity index (χ4n) is 2.56. The van der Waals surface area contributed by atoms with Crippen LogP contribution >= 0.6 is 11.6 Å². The Morgan fingerprint density at radius 1 is 1.33 bits per heavy atom. The quantitative estimate of drug-likeness (QED) is 0.833. The van der Waals surface area contributed by atoms with Crippen LogP contribution in [0, 0.1) is 6.92 Å². The lowest BCUT2D eigenvalue weighted by molar-refractivity contribution is 0.0882. The summed E-state index contributed by atoms with van der Waals surface area (Å²) in [6.45, 7) is 3.96. The number of pyridine rings is 1. The molecule has 98 valence electrons. The van der Waals surface area contributed by atoms with Crippen molar-refractivity contribution in [2.24, 2.45) is 0 Å². The van der Waals surface area contributed by atoms with Gasteiger partial charge in [0.2, 0.25) is 0 Å². The van der Waals surface area contributed by atoms with E-state index in [4.69, 9.17) is 11.6 Å². The molecule has 4 heteroatoms. The molecule has 0 bridgehead atoms. The highest BCUT2D eigenvalue weighted by atomic mass is 35.5. The summed E-state index contributed by atoms with van der Waals surface area (Å²) in [5.41, 5.74) is 1.29. The maximum atomic E-state index is 12.2. The average molecular weight is 267 g/mol. The number of nitrogens with one attached hydrogen (secondary N) is 1. The third-order valence-electron chi connectivity index (χ3n) is 3.56.